The fourth-order valence-electron chi connectivity index (χ4n) is 1.58. The lowest BCUT2D eigenvalue weighted by Crippen LogP contribution is -2.09. The Morgan fingerprint density at radius 3 is 3.07 bits per heavy atom. The summed E-state index contributed by atoms with van der Waals surface area (Å²) < 4.78 is 4.81. The van der Waals surface area contributed by atoms with Crippen molar-refractivity contribution in [2.45, 2.75) is 6.42 Å². The monoisotopic (exact) mass is 191 g/mol. The topological polar surface area (TPSA) is 87.3 Å². The minimum Gasteiger partial charge on any atom is -0.407 e. The number of H-pyrrole nitrogens is 2. The van der Waals surface area contributed by atoms with Crippen LogP contribution in [0.15, 0.2) is 15.5 Å². The molecule has 3 rings (SSSR count). The van der Waals surface area contributed by atoms with Gasteiger partial charge in [0.1, 0.15) is 0 Å². The molecule has 0 radical (unpaired) electrons. The van der Waals surface area contributed by atoms with Crippen molar-refractivity contribution < 1.29 is 9.53 Å². The van der Waals surface area contributed by atoms with Crippen molar-refractivity contribution >= 4 is 17.9 Å². The van der Waals surface area contributed by atoms with Gasteiger partial charge in [-0.3, -0.25) is 0 Å². The van der Waals surface area contributed by atoms with Gasteiger partial charge in [-0.1, -0.05) is 0 Å². The minimum atomic E-state index is -0.598. The lowest BCUT2D eigenvalue weighted by atomic mass is 10.1. The second-order valence-corrected chi connectivity index (χ2v) is 3.08. The molecular weight excluding hydrogens is 186 g/mol. The lowest BCUT2D eigenvalue weighted by molar-refractivity contribution is 0.198. The van der Waals surface area contributed by atoms with Gasteiger partial charge in [0.2, 0.25) is 0 Å². The Hall–Kier alpha value is -2.11. The van der Waals surface area contributed by atoms with E-state index < -0.39 is 6.09 Å². The number of hydrogen-bond donors (Lipinski definition) is 2. The van der Waals surface area contributed by atoms with Crippen LogP contribution >= 0.6 is 0 Å². The number of aliphatic imine (C=N–C) groups is 1. The number of ether oxygens (including phenoxy) is 1. The SMILES string of the molecule is O=C1N=C2Cc3[nH]c(=O)[nH]c3C=C2O1. The van der Waals surface area contributed by atoms with Crippen molar-refractivity contribution in [1.82, 2.24) is 9.97 Å². The Labute approximate surface area is 77.3 Å². The van der Waals surface area contributed by atoms with Crippen LogP contribution < -0.4 is 5.69 Å². The number of rotatable bonds is 0. The number of fused-ring (bicyclic) bond motifs is 2. The van der Waals surface area contributed by atoms with E-state index in [4.69, 9.17) is 4.74 Å². The van der Waals surface area contributed by atoms with Gasteiger partial charge < -0.3 is 14.7 Å². The molecule has 0 unspecified atom stereocenters. The molecule has 0 fully saturated rings. The van der Waals surface area contributed by atoms with Crippen LogP contribution in [0.25, 0.3) is 6.08 Å². The molecular formula is C8H5N3O3. The number of allylic oxidation sites excluding steroid dienone is 1. The molecule has 0 saturated carbocycles. The van der Waals surface area contributed by atoms with Crippen LogP contribution in [0.1, 0.15) is 11.4 Å². The highest BCUT2D eigenvalue weighted by molar-refractivity contribution is 6.13. The second-order valence-electron chi connectivity index (χ2n) is 3.08. The van der Waals surface area contributed by atoms with E-state index >= 15 is 0 Å². The van der Waals surface area contributed by atoms with E-state index in [0.29, 0.717) is 23.6 Å². The average molecular weight is 191 g/mol. The Morgan fingerprint density at radius 1 is 1.36 bits per heavy atom. The van der Waals surface area contributed by atoms with Crippen LogP contribution in [0.5, 0.6) is 0 Å². The van der Waals surface area contributed by atoms with E-state index in [-0.39, 0.29) is 5.69 Å². The second kappa shape index (κ2) is 2.22. The lowest BCUT2D eigenvalue weighted by Gasteiger charge is -2.06. The quantitative estimate of drug-likeness (QED) is 0.613. The zero-order valence-electron chi connectivity index (χ0n) is 6.96. The summed E-state index contributed by atoms with van der Waals surface area (Å²) in [5.74, 6) is 0.428. The molecule has 6 heteroatoms. The maximum atomic E-state index is 11.0. The molecule has 0 aromatic carbocycles. The molecule has 0 spiro atoms. The Kier molecular flexibility index (Phi) is 1.16. The predicted molar refractivity (Wildman–Crippen MR) is 47.0 cm³/mol. The molecule has 14 heavy (non-hydrogen) atoms. The number of carbonyl (C=O) groups excluding carboxylic acids is 1. The normalized spacial score (nSPS) is 18.1. The van der Waals surface area contributed by atoms with Crippen LogP contribution in [0.2, 0.25) is 0 Å². The highest BCUT2D eigenvalue weighted by Gasteiger charge is 2.27. The summed E-state index contributed by atoms with van der Waals surface area (Å²) in [4.78, 5) is 30.6. The molecule has 1 amide bonds. The van der Waals surface area contributed by atoms with Crippen LogP contribution in [0.3, 0.4) is 0 Å². The van der Waals surface area contributed by atoms with E-state index in [1.807, 2.05) is 0 Å². The van der Waals surface area contributed by atoms with Gasteiger partial charge in [0.15, 0.2) is 5.76 Å². The van der Waals surface area contributed by atoms with Crippen molar-refractivity contribution in [3.8, 4) is 0 Å². The number of hydrogen-bond acceptors (Lipinski definition) is 3. The number of nitrogens with one attached hydrogen (secondary N) is 2. The largest absolute Gasteiger partial charge is 0.439 e. The standard InChI is InChI=1S/C8H5N3O3/c12-7-9-3-1-5-6(2-4(3)10-7)14-8(13)11-5/h2H,1H2,(H2,9,10,12). The van der Waals surface area contributed by atoms with Crippen LogP contribution in [0.4, 0.5) is 4.79 Å². The third-order valence-corrected chi connectivity index (χ3v) is 2.17. The molecule has 0 bridgehead atoms. The summed E-state index contributed by atoms with van der Waals surface area (Å²) >= 11 is 0. The van der Waals surface area contributed by atoms with Gasteiger partial charge >= 0.3 is 11.8 Å². The fraction of sp³-hybridized carbons (Fsp3) is 0.125. The van der Waals surface area contributed by atoms with Gasteiger partial charge in [-0.05, 0) is 0 Å². The van der Waals surface area contributed by atoms with Gasteiger partial charge in [0, 0.05) is 18.2 Å². The van der Waals surface area contributed by atoms with Gasteiger partial charge in [0.25, 0.3) is 0 Å². The van der Waals surface area contributed by atoms with Gasteiger partial charge in [-0.2, -0.15) is 4.99 Å². The summed E-state index contributed by atoms with van der Waals surface area (Å²) in [6.07, 6.45) is 1.42. The molecule has 1 aliphatic carbocycles. The fourth-order valence-corrected chi connectivity index (χ4v) is 1.58. The highest BCUT2D eigenvalue weighted by Crippen LogP contribution is 2.23. The van der Waals surface area contributed by atoms with E-state index in [9.17, 15) is 9.59 Å². The molecule has 2 N–H and O–H groups in total. The molecule has 2 heterocycles. The van der Waals surface area contributed by atoms with Crippen molar-refractivity contribution in [3.63, 3.8) is 0 Å². The van der Waals surface area contributed by atoms with Gasteiger partial charge in [-0.15, -0.1) is 0 Å². The zero-order valence-corrected chi connectivity index (χ0v) is 6.96. The van der Waals surface area contributed by atoms with Crippen LogP contribution in [0, 0.1) is 0 Å². The first-order valence-corrected chi connectivity index (χ1v) is 4.05. The molecule has 2 aliphatic rings. The van der Waals surface area contributed by atoms with E-state index in [1.165, 1.54) is 0 Å². The van der Waals surface area contributed by atoms with Crippen molar-refractivity contribution in [3.05, 3.63) is 27.6 Å². The minimum absolute atomic E-state index is 0.265. The highest BCUT2D eigenvalue weighted by atomic mass is 16.6. The van der Waals surface area contributed by atoms with Gasteiger partial charge in [0.05, 0.1) is 11.4 Å². The van der Waals surface area contributed by atoms with Crippen LogP contribution in [-0.4, -0.2) is 21.8 Å². The number of amides is 1. The van der Waals surface area contributed by atoms with E-state index in [2.05, 4.69) is 15.0 Å². The summed E-state index contributed by atoms with van der Waals surface area (Å²) in [6.45, 7) is 0. The number of aromatic amines is 2. The zero-order chi connectivity index (χ0) is 9.71. The predicted octanol–water partition coefficient (Wildman–Crippen LogP) is 0.191. The van der Waals surface area contributed by atoms with Gasteiger partial charge in [-0.25, -0.2) is 9.59 Å². The molecule has 1 aromatic heterocycles. The molecule has 0 atom stereocenters. The molecule has 1 aliphatic heterocycles. The number of aromatic nitrogens is 2. The molecule has 6 nitrogen and oxygen atoms in total. The third-order valence-electron chi connectivity index (χ3n) is 2.17. The van der Waals surface area contributed by atoms with Crippen LogP contribution in [-0.2, 0) is 11.2 Å². The Morgan fingerprint density at radius 2 is 2.21 bits per heavy atom. The summed E-state index contributed by atoms with van der Waals surface area (Å²) in [5, 5.41) is 0. The number of imidazole rings is 1. The smallest absolute Gasteiger partial charge is 0.407 e. The molecule has 1 aromatic rings. The number of nitrogens with zero attached hydrogens (tertiary/aromatic N) is 1. The maximum absolute atomic E-state index is 11.0. The molecule has 0 saturated heterocycles. The number of carbonyl (C=O) groups is 1. The van der Waals surface area contributed by atoms with Crippen molar-refractivity contribution in [2.75, 3.05) is 0 Å². The first kappa shape index (κ1) is 7.31. The first-order chi connectivity index (χ1) is 6.72. The summed E-state index contributed by atoms with van der Waals surface area (Å²) in [5.41, 5.74) is 1.69. The Balaban J connectivity index is 2.19. The molecule has 70 valence electrons. The van der Waals surface area contributed by atoms with E-state index in [0.717, 1.165) is 5.69 Å². The summed E-state index contributed by atoms with van der Waals surface area (Å²) in [7, 11) is 0. The average Bonchev–Trinajstić information content (AvgIpc) is 2.59. The Bertz CT molecular complexity index is 546. The maximum Gasteiger partial charge on any atom is 0.439 e. The van der Waals surface area contributed by atoms with Crippen molar-refractivity contribution in [1.29, 1.82) is 0 Å². The first-order valence-electron chi connectivity index (χ1n) is 4.05. The summed E-state index contributed by atoms with van der Waals surface area (Å²) in [6, 6.07) is 0. The van der Waals surface area contributed by atoms with E-state index in [1.54, 1.807) is 6.08 Å². The van der Waals surface area contributed by atoms with Crippen molar-refractivity contribution in [2.24, 2.45) is 4.99 Å². The third kappa shape index (κ3) is 0.875.